The number of rotatable bonds is 1. The average molecular weight is 174 g/mol. The Morgan fingerprint density at radius 3 is 2.31 bits per heavy atom. The number of hydrogen-bond acceptors (Lipinski definition) is 1. The van der Waals surface area contributed by atoms with Crippen LogP contribution in [0.1, 0.15) is 5.69 Å². The maximum Gasteiger partial charge on any atom is 0.272 e. The minimum atomic E-state index is -0.0660. The second-order valence-corrected chi connectivity index (χ2v) is 2.95. The zero-order valence-electron chi connectivity index (χ0n) is 7.29. The molecule has 1 aromatic carbocycles. The van der Waals surface area contributed by atoms with E-state index >= 15 is 0 Å². The third-order valence-electron chi connectivity index (χ3n) is 2.03. The summed E-state index contributed by atoms with van der Waals surface area (Å²) in [6.07, 6.45) is 0. The Morgan fingerprint density at radius 1 is 1.08 bits per heavy atom. The molecule has 66 valence electrons. The first-order valence-electron chi connectivity index (χ1n) is 4.11. The van der Waals surface area contributed by atoms with Crippen molar-refractivity contribution < 1.29 is 0 Å². The second-order valence-electron chi connectivity index (χ2n) is 2.95. The third kappa shape index (κ3) is 1.28. The lowest BCUT2D eigenvalue weighted by Crippen LogP contribution is -2.01. The molecule has 0 aliphatic heterocycles. The zero-order chi connectivity index (χ0) is 9.26. The van der Waals surface area contributed by atoms with Crippen molar-refractivity contribution in [2.75, 3.05) is 0 Å². The van der Waals surface area contributed by atoms with E-state index in [4.69, 9.17) is 0 Å². The van der Waals surface area contributed by atoms with E-state index in [0.717, 1.165) is 16.8 Å². The first-order valence-corrected chi connectivity index (χ1v) is 4.11. The van der Waals surface area contributed by atoms with Crippen LogP contribution in [0.25, 0.3) is 11.1 Å². The molecule has 13 heavy (non-hydrogen) atoms. The van der Waals surface area contributed by atoms with Crippen LogP contribution in [0.15, 0.2) is 35.1 Å². The molecule has 0 unspecified atom stereocenters. The molecule has 0 saturated carbocycles. The van der Waals surface area contributed by atoms with E-state index in [1.54, 1.807) is 0 Å². The molecule has 1 aromatic heterocycles. The predicted molar refractivity (Wildman–Crippen MR) is 51.6 cm³/mol. The van der Waals surface area contributed by atoms with Gasteiger partial charge in [-0.2, -0.15) is 0 Å². The van der Waals surface area contributed by atoms with E-state index in [-0.39, 0.29) is 5.56 Å². The molecule has 3 heteroatoms. The summed E-state index contributed by atoms with van der Waals surface area (Å²) in [7, 11) is 0. The number of benzene rings is 1. The van der Waals surface area contributed by atoms with Gasteiger partial charge in [-0.15, -0.1) is 0 Å². The van der Waals surface area contributed by atoms with Gasteiger partial charge in [-0.05, 0) is 12.5 Å². The van der Waals surface area contributed by atoms with Gasteiger partial charge in [0.25, 0.3) is 5.56 Å². The number of aromatic amines is 2. The van der Waals surface area contributed by atoms with Gasteiger partial charge in [-0.3, -0.25) is 9.89 Å². The summed E-state index contributed by atoms with van der Waals surface area (Å²) >= 11 is 0. The van der Waals surface area contributed by atoms with Crippen molar-refractivity contribution in [1.82, 2.24) is 10.2 Å². The van der Waals surface area contributed by atoms with Gasteiger partial charge in [0.05, 0.1) is 5.56 Å². The summed E-state index contributed by atoms with van der Waals surface area (Å²) in [6, 6.07) is 9.61. The van der Waals surface area contributed by atoms with E-state index in [1.165, 1.54) is 0 Å². The number of H-pyrrole nitrogens is 2. The highest BCUT2D eigenvalue weighted by Gasteiger charge is 2.06. The van der Waals surface area contributed by atoms with E-state index in [9.17, 15) is 4.79 Å². The molecule has 0 amide bonds. The Hall–Kier alpha value is -1.77. The van der Waals surface area contributed by atoms with Gasteiger partial charge in [-0.1, -0.05) is 30.3 Å². The lowest BCUT2D eigenvalue weighted by Gasteiger charge is -1.95. The van der Waals surface area contributed by atoms with Gasteiger partial charge in [-0.25, -0.2) is 0 Å². The summed E-state index contributed by atoms with van der Waals surface area (Å²) in [5.74, 6) is 0. The Balaban J connectivity index is 2.65. The molecule has 0 bridgehead atoms. The third-order valence-corrected chi connectivity index (χ3v) is 2.03. The van der Waals surface area contributed by atoms with Gasteiger partial charge in [0.15, 0.2) is 0 Å². The fourth-order valence-electron chi connectivity index (χ4n) is 1.40. The standard InChI is InChI=1S/C10H10N2O/c1-7-9(10(13)12-11-7)8-5-3-2-4-6-8/h2-6H,1H3,(H2,11,12,13). The fourth-order valence-corrected chi connectivity index (χ4v) is 1.40. The van der Waals surface area contributed by atoms with Crippen molar-refractivity contribution in [3.63, 3.8) is 0 Å². The van der Waals surface area contributed by atoms with E-state index in [1.807, 2.05) is 37.3 Å². The number of nitrogens with one attached hydrogen (secondary N) is 2. The topological polar surface area (TPSA) is 48.6 Å². The van der Waals surface area contributed by atoms with Gasteiger partial charge in [0, 0.05) is 5.69 Å². The van der Waals surface area contributed by atoms with Crippen LogP contribution in [-0.4, -0.2) is 10.2 Å². The SMILES string of the molecule is Cc1[nH][nH]c(=O)c1-c1ccccc1. The zero-order valence-corrected chi connectivity index (χ0v) is 7.29. The van der Waals surface area contributed by atoms with Gasteiger partial charge in [0.2, 0.25) is 0 Å². The van der Waals surface area contributed by atoms with Crippen molar-refractivity contribution in [2.45, 2.75) is 6.92 Å². The van der Waals surface area contributed by atoms with Crippen LogP contribution < -0.4 is 5.56 Å². The monoisotopic (exact) mass is 174 g/mol. The van der Waals surface area contributed by atoms with Crippen molar-refractivity contribution in [3.05, 3.63) is 46.4 Å². The summed E-state index contributed by atoms with van der Waals surface area (Å²) in [4.78, 5) is 11.4. The van der Waals surface area contributed by atoms with Crippen molar-refractivity contribution in [2.24, 2.45) is 0 Å². The van der Waals surface area contributed by atoms with Crippen LogP contribution in [0.2, 0.25) is 0 Å². The molecule has 2 rings (SSSR count). The molecule has 0 saturated heterocycles. The molecule has 0 radical (unpaired) electrons. The summed E-state index contributed by atoms with van der Waals surface area (Å²) in [5, 5.41) is 5.35. The molecular formula is C10H10N2O. The number of aromatic nitrogens is 2. The Morgan fingerprint density at radius 2 is 1.77 bits per heavy atom. The maximum atomic E-state index is 11.4. The van der Waals surface area contributed by atoms with Crippen LogP contribution in [0, 0.1) is 6.92 Å². The van der Waals surface area contributed by atoms with Gasteiger partial charge in [0.1, 0.15) is 0 Å². The van der Waals surface area contributed by atoms with E-state index in [2.05, 4.69) is 10.2 Å². The molecular weight excluding hydrogens is 164 g/mol. The maximum absolute atomic E-state index is 11.4. The second kappa shape index (κ2) is 2.94. The molecule has 1 heterocycles. The largest absolute Gasteiger partial charge is 0.302 e. The normalized spacial score (nSPS) is 10.2. The summed E-state index contributed by atoms with van der Waals surface area (Å²) < 4.78 is 0. The van der Waals surface area contributed by atoms with Gasteiger partial charge < -0.3 is 5.10 Å². The predicted octanol–water partition coefficient (Wildman–Crippen LogP) is 1.68. The van der Waals surface area contributed by atoms with Crippen LogP contribution in [0.4, 0.5) is 0 Å². The van der Waals surface area contributed by atoms with Crippen LogP contribution in [0.5, 0.6) is 0 Å². The molecule has 0 aliphatic rings. The highest BCUT2D eigenvalue weighted by molar-refractivity contribution is 5.64. The fraction of sp³-hybridized carbons (Fsp3) is 0.100. The minimum Gasteiger partial charge on any atom is -0.302 e. The van der Waals surface area contributed by atoms with Crippen LogP contribution in [0.3, 0.4) is 0 Å². The van der Waals surface area contributed by atoms with E-state index in [0.29, 0.717) is 0 Å². The number of aryl methyl sites for hydroxylation is 1. The lowest BCUT2D eigenvalue weighted by molar-refractivity contribution is 1.02. The Labute approximate surface area is 75.4 Å². The quantitative estimate of drug-likeness (QED) is 0.678. The van der Waals surface area contributed by atoms with Crippen molar-refractivity contribution in [3.8, 4) is 11.1 Å². The first-order chi connectivity index (χ1) is 6.29. The Kier molecular flexibility index (Phi) is 1.77. The molecule has 2 N–H and O–H groups in total. The molecule has 0 atom stereocenters. The highest BCUT2D eigenvalue weighted by atomic mass is 16.1. The number of hydrogen-bond donors (Lipinski definition) is 2. The van der Waals surface area contributed by atoms with Crippen LogP contribution >= 0.6 is 0 Å². The molecule has 0 aliphatic carbocycles. The van der Waals surface area contributed by atoms with E-state index < -0.39 is 0 Å². The lowest BCUT2D eigenvalue weighted by atomic mass is 10.1. The molecule has 0 fully saturated rings. The van der Waals surface area contributed by atoms with Crippen molar-refractivity contribution >= 4 is 0 Å². The minimum absolute atomic E-state index is 0.0660. The van der Waals surface area contributed by atoms with Crippen molar-refractivity contribution in [1.29, 1.82) is 0 Å². The summed E-state index contributed by atoms with van der Waals surface area (Å²) in [6.45, 7) is 1.88. The molecule has 0 spiro atoms. The molecule has 2 aromatic rings. The first kappa shape index (κ1) is 7.86. The van der Waals surface area contributed by atoms with Crippen LogP contribution in [-0.2, 0) is 0 Å². The smallest absolute Gasteiger partial charge is 0.272 e. The Bertz CT molecular complexity index is 453. The highest BCUT2D eigenvalue weighted by Crippen LogP contribution is 2.16. The average Bonchev–Trinajstić information content (AvgIpc) is 2.48. The van der Waals surface area contributed by atoms with Gasteiger partial charge >= 0.3 is 0 Å². The molecule has 3 nitrogen and oxygen atoms in total. The summed E-state index contributed by atoms with van der Waals surface area (Å²) in [5.41, 5.74) is 2.48.